The van der Waals surface area contributed by atoms with Gasteiger partial charge in [-0.05, 0) is 99.8 Å². The molecule has 0 saturated heterocycles. The summed E-state index contributed by atoms with van der Waals surface area (Å²) in [6.07, 6.45) is 5.94. The van der Waals surface area contributed by atoms with Gasteiger partial charge in [0.25, 0.3) is 5.92 Å². The molecule has 0 N–H and O–H groups in total. The van der Waals surface area contributed by atoms with E-state index in [0.29, 0.717) is 36.1 Å². The molecular formula is C39H40Br2F2O7. The van der Waals surface area contributed by atoms with Crippen molar-refractivity contribution >= 4 is 49.8 Å². The van der Waals surface area contributed by atoms with Crippen LogP contribution in [0.2, 0.25) is 0 Å². The van der Waals surface area contributed by atoms with Crippen molar-refractivity contribution in [1.29, 1.82) is 0 Å². The first-order valence-corrected chi connectivity index (χ1v) is 18.0. The molecule has 1 saturated carbocycles. The summed E-state index contributed by atoms with van der Waals surface area (Å²) in [5, 5.41) is 0. The van der Waals surface area contributed by atoms with Crippen molar-refractivity contribution < 1.29 is 42.1 Å². The predicted molar refractivity (Wildman–Crippen MR) is 193 cm³/mol. The second-order valence-corrected chi connectivity index (χ2v) is 14.1. The van der Waals surface area contributed by atoms with Crippen molar-refractivity contribution in [1.82, 2.24) is 0 Å². The first-order valence-electron chi connectivity index (χ1n) is 16.4. The second-order valence-electron chi connectivity index (χ2n) is 12.2. The van der Waals surface area contributed by atoms with Gasteiger partial charge in [0, 0.05) is 33.6 Å². The van der Waals surface area contributed by atoms with Crippen molar-refractivity contribution in [2.75, 3.05) is 6.61 Å². The molecule has 1 fully saturated rings. The Hall–Kier alpha value is -3.83. The summed E-state index contributed by atoms with van der Waals surface area (Å²) in [5.74, 6) is -5.77. The zero-order valence-corrected chi connectivity index (χ0v) is 31.0. The van der Waals surface area contributed by atoms with Gasteiger partial charge in [-0.15, -0.1) is 0 Å². The average Bonchev–Trinajstić information content (AvgIpc) is 3.39. The lowest BCUT2D eigenvalue weighted by molar-refractivity contribution is -0.147. The van der Waals surface area contributed by atoms with Gasteiger partial charge in [0.15, 0.2) is 6.61 Å². The van der Waals surface area contributed by atoms with E-state index >= 15 is 8.78 Å². The van der Waals surface area contributed by atoms with Crippen LogP contribution >= 0.6 is 31.9 Å². The van der Waals surface area contributed by atoms with Crippen LogP contribution in [0.5, 0.6) is 5.75 Å². The number of rotatable bonds is 16. The number of ether oxygens (including phenoxy) is 4. The van der Waals surface area contributed by atoms with Gasteiger partial charge in [0.2, 0.25) is 0 Å². The Bertz CT molecular complexity index is 1610. The number of carbonyl (C=O) groups is 3. The minimum Gasteiger partial charge on any atom is -0.487 e. The standard InChI is InChI=1S/C39H40Br2F2O7/c1-26(2)48-36(44)13-9-4-3-8-12-32-33(22-23-39(42,43)25-47-31-10-6-5-7-11-31)35(50-38(46)28-16-20-30(41)21-17-28)24-34(32)49-37(45)27-14-18-29(40)19-15-27/h3,5-8,10-11,14-23,26,32-35H,4,9,12-13,24-25H2,1-2H3. The summed E-state index contributed by atoms with van der Waals surface area (Å²) >= 11 is 6.72. The maximum absolute atomic E-state index is 15.2. The smallest absolute Gasteiger partial charge is 0.338 e. The molecular weight excluding hydrogens is 778 g/mol. The zero-order valence-electron chi connectivity index (χ0n) is 27.8. The monoisotopic (exact) mass is 816 g/mol. The SMILES string of the molecule is CC(C)OC(=O)CCCC=CCC1C(OC(=O)c2ccc(Br)cc2)CC(OC(=O)c2ccc(Br)cc2)C1C=CC(F)(F)COc1ccccc1. The molecule has 11 heteroatoms. The molecule has 4 unspecified atom stereocenters. The van der Waals surface area contributed by atoms with Crippen molar-refractivity contribution in [3.63, 3.8) is 0 Å². The Morgan fingerprint density at radius 2 is 1.42 bits per heavy atom. The van der Waals surface area contributed by atoms with E-state index in [9.17, 15) is 14.4 Å². The van der Waals surface area contributed by atoms with Crippen LogP contribution in [-0.2, 0) is 19.0 Å². The van der Waals surface area contributed by atoms with E-state index in [1.165, 1.54) is 6.08 Å². The number of hydrogen-bond acceptors (Lipinski definition) is 7. The predicted octanol–water partition coefficient (Wildman–Crippen LogP) is 9.94. The Morgan fingerprint density at radius 1 is 0.840 bits per heavy atom. The number of alkyl halides is 2. The number of para-hydroxylation sites is 1. The van der Waals surface area contributed by atoms with Crippen LogP contribution < -0.4 is 4.74 Å². The van der Waals surface area contributed by atoms with Crippen LogP contribution in [0.4, 0.5) is 8.78 Å². The highest BCUT2D eigenvalue weighted by molar-refractivity contribution is 9.10. The number of benzene rings is 3. The average molecular weight is 819 g/mol. The van der Waals surface area contributed by atoms with Crippen molar-refractivity contribution in [3.05, 3.63) is 123 Å². The molecule has 50 heavy (non-hydrogen) atoms. The summed E-state index contributed by atoms with van der Waals surface area (Å²) in [6.45, 7) is 2.69. The highest BCUT2D eigenvalue weighted by Gasteiger charge is 2.46. The molecule has 0 bridgehead atoms. The Labute approximate surface area is 308 Å². The molecule has 3 aromatic rings. The molecule has 4 rings (SSSR count). The summed E-state index contributed by atoms with van der Waals surface area (Å²) in [7, 11) is 0. The molecule has 0 aliphatic heterocycles. The lowest BCUT2D eigenvalue weighted by Crippen LogP contribution is -2.28. The molecule has 4 atom stereocenters. The normalized spacial score (nSPS) is 19.2. The fourth-order valence-electron chi connectivity index (χ4n) is 5.56. The molecule has 0 amide bonds. The first-order chi connectivity index (χ1) is 23.9. The van der Waals surface area contributed by atoms with Gasteiger partial charge in [-0.2, -0.15) is 8.78 Å². The van der Waals surface area contributed by atoms with E-state index < -0.39 is 48.5 Å². The van der Waals surface area contributed by atoms with Gasteiger partial charge in [-0.25, -0.2) is 9.59 Å². The van der Waals surface area contributed by atoms with Crippen LogP contribution in [0.15, 0.2) is 112 Å². The Kier molecular flexibility index (Phi) is 14.8. The maximum Gasteiger partial charge on any atom is 0.338 e. The van der Waals surface area contributed by atoms with Crippen LogP contribution in [0, 0.1) is 11.8 Å². The van der Waals surface area contributed by atoms with Crippen LogP contribution in [0.25, 0.3) is 0 Å². The third-order valence-electron chi connectivity index (χ3n) is 7.97. The number of halogens is 4. The Balaban J connectivity index is 1.57. The molecule has 1 aliphatic carbocycles. The van der Waals surface area contributed by atoms with Crippen molar-refractivity contribution in [2.45, 2.75) is 70.2 Å². The third-order valence-corrected chi connectivity index (χ3v) is 9.03. The summed E-state index contributed by atoms with van der Waals surface area (Å²) in [5.41, 5.74) is 0.614. The van der Waals surface area contributed by atoms with E-state index in [4.69, 9.17) is 18.9 Å². The van der Waals surface area contributed by atoms with E-state index in [2.05, 4.69) is 31.9 Å². The number of hydrogen-bond donors (Lipinski definition) is 0. The molecule has 0 spiro atoms. The van der Waals surface area contributed by atoms with Gasteiger partial charge in [-0.1, -0.05) is 68.3 Å². The number of unbranched alkanes of at least 4 members (excludes halogenated alkanes) is 1. The maximum atomic E-state index is 15.2. The fraction of sp³-hybridized carbons (Fsp3) is 0.359. The van der Waals surface area contributed by atoms with E-state index in [-0.39, 0.29) is 24.9 Å². The van der Waals surface area contributed by atoms with E-state index in [1.54, 1.807) is 92.7 Å². The number of esters is 3. The fourth-order valence-corrected chi connectivity index (χ4v) is 6.09. The van der Waals surface area contributed by atoms with Gasteiger partial charge in [0.05, 0.1) is 17.2 Å². The van der Waals surface area contributed by atoms with Gasteiger partial charge < -0.3 is 18.9 Å². The van der Waals surface area contributed by atoms with E-state index in [0.717, 1.165) is 15.0 Å². The molecule has 7 nitrogen and oxygen atoms in total. The Morgan fingerprint density at radius 3 is 2.00 bits per heavy atom. The third kappa shape index (κ3) is 12.5. The zero-order chi connectivity index (χ0) is 36.1. The quantitative estimate of drug-likeness (QED) is 0.0616. The highest BCUT2D eigenvalue weighted by Crippen LogP contribution is 2.41. The van der Waals surface area contributed by atoms with Crippen molar-refractivity contribution in [2.24, 2.45) is 11.8 Å². The topological polar surface area (TPSA) is 88.1 Å². The van der Waals surface area contributed by atoms with Crippen LogP contribution in [-0.4, -0.2) is 48.7 Å². The van der Waals surface area contributed by atoms with Gasteiger partial charge in [-0.3, -0.25) is 4.79 Å². The molecule has 0 radical (unpaired) electrons. The lowest BCUT2D eigenvalue weighted by atomic mass is 9.89. The molecule has 1 aliphatic rings. The molecule has 0 heterocycles. The molecule has 3 aromatic carbocycles. The van der Waals surface area contributed by atoms with Gasteiger partial charge >= 0.3 is 17.9 Å². The van der Waals surface area contributed by atoms with Gasteiger partial charge in [0.1, 0.15) is 18.0 Å². The largest absolute Gasteiger partial charge is 0.487 e. The molecule has 0 aromatic heterocycles. The highest BCUT2D eigenvalue weighted by atomic mass is 79.9. The van der Waals surface area contributed by atoms with Crippen LogP contribution in [0.3, 0.4) is 0 Å². The lowest BCUT2D eigenvalue weighted by Gasteiger charge is -2.24. The summed E-state index contributed by atoms with van der Waals surface area (Å²) < 4.78 is 54.5. The number of allylic oxidation sites excluding steroid dienone is 2. The molecule has 266 valence electrons. The summed E-state index contributed by atoms with van der Waals surface area (Å²) in [4.78, 5) is 38.5. The first kappa shape index (κ1) is 39.0. The van der Waals surface area contributed by atoms with Crippen LogP contribution in [0.1, 0.15) is 66.7 Å². The van der Waals surface area contributed by atoms with Crippen molar-refractivity contribution in [3.8, 4) is 5.75 Å². The minimum atomic E-state index is -3.35. The summed E-state index contributed by atoms with van der Waals surface area (Å²) in [6, 6.07) is 21.6. The minimum absolute atomic E-state index is 0.102. The number of carbonyl (C=O) groups excluding carboxylic acids is 3. The van der Waals surface area contributed by atoms with E-state index in [1.807, 2.05) is 12.2 Å². The second kappa shape index (κ2) is 19.0.